The van der Waals surface area contributed by atoms with Crippen molar-refractivity contribution in [2.45, 2.75) is 33.3 Å². The van der Waals surface area contributed by atoms with Crippen LogP contribution < -0.4 is 5.32 Å². The molecule has 80 valence electrons. The predicted octanol–water partition coefficient (Wildman–Crippen LogP) is 1.02. The summed E-state index contributed by atoms with van der Waals surface area (Å²) in [6, 6.07) is 0. The van der Waals surface area contributed by atoms with E-state index in [-0.39, 0.29) is 12.0 Å². The molecule has 0 rings (SSSR count). The van der Waals surface area contributed by atoms with Crippen LogP contribution in [-0.4, -0.2) is 24.5 Å². The van der Waals surface area contributed by atoms with Crippen LogP contribution in [0.15, 0.2) is 12.2 Å². The fraction of sp³-hybridized carbons (Fsp3) is 0.600. The van der Waals surface area contributed by atoms with Crippen molar-refractivity contribution < 1.29 is 14.3 Å². The first kappa shape index (κ1) is 12.7. The highest BCUT2D eigenvalue weighted by Gasteiger charge is 2.01. The summed E-state index contributed by atoms with van der Waals surface area (Å²) in [6.07, 6.45) is 3.02. The molecule has 4 heteroatoms. The molecule has 0 radical (unpaired) electrons. The van der Waals surface area contributed by atoms with Crippen LogP contribution in [0.2, 0.25) is 0 Å². The average molecular weight is 199 g/mol. The highest BCUT2D eigenvalue weighted by Crippen LogP contribution is 1.90. The molecule has 0 fully saturated rings. The van der Waals surface area contributed by atoms with Crippen molar-refractivity contribution in [3.05, 3.63) is 12.2 Å². The van der Waals surface area contributed by atoms with Gasteiger partial charge in [-0.15, -0.1) is 0 Å². The first-order valence-corrected chi connectivity index (χ1v) is 4.72. The van der Waals surface area contributed by atoms with Crippen molar-refractivity contribution in [3.63, 3.8) is 0 Å². The Morgan fingerprint density at radius 3 is 2.50 bits per heavy atom. The lowest BCUT2D eigenvalue weighted by Gasteiger charge is -2.03. The molecule has 1 N–H and O–H groups in total. The van der Waals surface area contributed by atoms with Gasteiger partial charge in [0.15, 0.2) is 0 Å². The number of carbonyl (C=O) groups excluding carboxylic acids is 2. The number of carbonyl (C=O) groups is 2. The molecule has 0 spiro atoms. The van der Waals surface area contributed by atoms with Gasteiger partial charge < -0.3 is 10.1 Å². The maximum absolute atomic E-state index is 11.0. The molecule has 0 heterocycles. The summed E-state index contributed by atoms with van der Waals surface area (Å²) < 4.78 is 4.80. The molecule has 1 amide bonds. The van der Waals surface area contributed by atoms with Gasteiger partial charge in [0.2, 0.25) is 5.91 Å². The van der Waals surface area contributed by atoms with Gasteiger partial charge in [0.1, 0.15) is 0 Å². The Balaban J connectivity index is 3.79. The van der Waals surface area contributed by atoms with Gasteiger partial charge in [-0.3, -0.25) is 4.79 Å². The quantitative estimate of drug-likeness (QED) is 0.531. The first-order chi connectivity index (χ1) is 6.56. The van der Waals surface area contributed by atoms with E-state index in [1.807, 2.05) is 6.92 Å². The number of amides is 1. The Kier molecular flexibility index (Phi) is 6.45. The number of hydrogen-bond donors (Lipinski definition) is 1. The molecule has 0 unspecified atom stereocenters. The van der Waals surface area contributed by atoms with Gasteiger partial charge in [0.25, 0.3) is 0 Å². The largest absolute Gasteiger partial charge is 0.460 e. The van der Waals surface area contributed by atoms with Gasteiger partial charge >= 0.3 is 5.97 Å². The van der Waals surface area contributed by atoms with Crippen molar-refractivity contribution >= 4 is 11.9 Å². The van der Waals surface area contributed by atoms with E-state index in [1.54, 1.807) is 13.8 Å². The van der Waals surface area contributed by atoms with Crippen LogP contribution >= 0.6 is 0 Å². The van der Waals surface area contributed by atoms with Gasteiger partial charge in [-0.1, -0.05) is 6.92 Å². The molecule has 0 aromatic heterocycles. The third kappa shape index (κ3) is 7.34. The van der Waals surface area contributed by atoms with Gasteiger partial charge in [0, 0.05) is 18.7 Å². The fourth-order valence-electron chi connectivity index (χ4n) is 0.722. The minimum absolute atomic E-state index is 0.161. The number of hydrogen-bond acceptors (Lipinski definition) is 3. The Morgan fingerprint density at radius 1 is 1.36 bits per heavy atom. The summed E-state index contributed by atoms with van der Waals surface area (Å²) >= 11 is 0. The van der Waals surface area contributed by atoms with E-state index in [0.29, 0.717) is 6.54 Å². The molecular formula is C10H17NO3. The lowest BCUT2D eigenvalue weighted by Crippen LogP contribution is -2.22. The van der Waals surface area contributed by atoms with E-state index in [2.05, 4.69) is 5.32 Å². The SMILES string of the molecule is CCCNC(=O)/C=C\C(=O)OC(C)C. The molecule has 4 nitrogen and oxygen atoms in total. The van der Waals surface area contributed by atoms with E-state index in [0.717, 1.165) is 12.5 Å². The first-order valence-electron chi connectivity index (χ1n) is 4.72. The Labute approximate surface area is 84.3 Å². The molecule has 0 aromatic carbocycles. The van der Waals surface area contributed by atoms with Crippen molar-refractivity contribution in [2.24, 2.45) is 0 Å². The van der Waals surface area contributed by atoms with E-state index >= 15 is 0 Å². The third-order valence-corrected chi connectivity index (χ3v) is 1.27. The van der Waals surface area contributed by atoms with Gasteiger partial charge in [0.05, 0.1) is 6.10 Å². The van der Waals surface area contributed by atoms with Crippen LogP contribution in [0.4, 0.5) is 0 Å². The normalized spacial score (nSPS) is 10.6. The predicted molar refractivity (Wildman–Crippen MR) is 53.7 cm³/mol. The van der Waals surface area contributed by atoms with Crippen LogP contribution in [0.1, 0.15) is 27.2 Å². The maximum atomic E-state index is 11.0. The van der Waals surface area contributed by atoms with Crippen LogP contribution in [0, 0.1) is 0 Å². The lowest BCUT2D eigenvalue weighted by molar-refractivity contribution is -0.141. The Hall–Kier alpha value is -1.32. The van der Waals surface area contributed by atoms with Crippen molar-refractivity contribution in [2.75, 3.05) is 6.54 Å². The van der Waals surface area contributed by atoms with Gasteiger partial charge in [-0.2, -0.15) is 0 Å². The minimum atomic E-state index is -0.494. The van der Waals surface area contributed by atoms with E-state index in [9.17, 15) is 9.59 Å². The third-order valence-electron chi connectivity index (χ3n) is 1.27. The highest BCUT2D eigenvalue weighted by molar-refractivity contribution is 5.94. The van der Waals surface area contributed by atoms with Crippen LogP contribution in [-0.2, 0) is 14.3 Å². The van der Waals surface area contributed by atoms with Crippen LogP contribution in [0.25, 0.3) is 0 Å². The average Bonchev–Trinajstić information content (AvgIpc) is 2.10. The highest BCUT2D eigenvalue weighted by atomic mass is 16.5. The molecule has 0 aliphatic carbocycles. The number of nitrogens with one attached hydrogen (secondary N) is 1. The fourth-order valence-corrected chi connectivity index (χ4v) is 0.722. The van der Waals surface area contributed by atoms with Crippen LogP contribution in [0.5, 0.6) is 0 Å². The van der Waals surface area contributed by atoms with Crippen molar-refractivity contribution in [1.29, 1.82) is 0 Å². The van der Waals surface area contributed by atoms with Crippen molar-refractivity contribution in [1.82, 2.24) is 5.32 Å². The summed E-state index contributed by atoms with van der Waals surface area (Å²) in [7, 11) is 0. The molecule has 0 aromatic rings. The summed E-state index contributed by atoms with van der Waals surface area (Å²) in [4.78, 5) is 21.9. The second-order valence-electron chi connectivity index (χ2n) is 3.11. The molecule has 0 saturated carbocycles. The summed E-state index contributed by atoms with van der Waals surface area (Å²) in [5.74, 6) is -0.765. The smallest absolute Gasteiger partial charge is 0.331 e. The van der Waals surface area contributed by atoms with E-state index in [1.165, 1.54) is 6.08 Å². The number of ether oxygens (including phenoxy) is 1. The maximum Gasteiger partial charge on any atom is 0.331 e. The summed E-state index contributed by atoms with van der Waals surface area (Å²) in [6.45, 7) is 6.07. The van der Waals surface area contributed by atoms with Gasteiger partial charge in [-0.05, 0) is 20.3 Å². The molecule has 0 bridgehead atoms. The zero-order chi connectivity index (χ0) is 11.0. The summed E-state index contributed by atoms with van der Waals surface area (Å²) in [5, 5.41) is 2.61. The number of rotatable bonds is 5. The molecule has 14 heavy (non-hydrogen) atoms. The van der Waals surface area contributed by atoms with Crippen LogP contribution in [0.3, 0.4) is 0 Å². The van der Waals surface area contributed by atoms with E-state index in [4.69, 9.17) is 4.74 Å². The standard InChI is InChI=1S/C10H17NO3/c1-4-7-11-9(12)5-6-10(13)14-8(2)3/h5-6,8H,4,7H2,1-3H3,(H,11,12)/b6-5-. The Bertz CT molecular complexity index is 221. The lowest BCUT2D eigenvalue weighted by atomic mass is 10.4. The minimum Gasteiger partial charge on any atom is -0.460 e. The molecule has 0 aliphatic heterocycles. The topological polar surface area (TPSA) is 55.4 Å². The van der Waals surface area contributed by atoms with Gasteiger partial charge in [-0.25, -0.2) is 4.79 Å². The molecule has 0 saturated heterocycles. The Morgan fingerprint density at radius 2 is 2.00 bits per heavy atom. The summed E-state index contributed by atoms with van der Waals surface area (Å²) in [5.41, 5.74) is 0. The zero-order valence-electron chi connectivity index (χ0n) is 8.87. The number of esters is 1. The van der Waals surface area contributed by atoms with Crippen molar-refractivity contribution in [3.8, 4) is 0 Å². The zero-order valence-corrected chi connectivity index (χ0v) is 8.87. The monoisotopic (exact) mass is 199 g/mol. The molecule has 0 atom stereocenters. The molecule has 0 aliphatic rings. The second kappa shape index (κ2) is 7.12. The molecular weight excluding hydrogens is 182 g/mol. The second-order valence-corrected chi connectivity index (χ2v) is 3.11. The van der Waals surface area contributed by atoms with E-state index < -0.39 is 5.97 Å².